The zero-order valence-corrected chi connectivity index (χ0v) is 21.7. The third kappa shape index (κ3) is 22.8. The lowest BCUT2D eigenvalue weighted by molar-refractivity contribution is -0.139. The number of hydrogen-bond acceptors (Lipinski definition) is 3. The van der Waals surface area contributed by atoms with Gasteiger partial charge in [-0.15, -0.1) is 0 Å². The van der Waals surface area contributed by atoms with Gasteiger partial charge in [0.1, 0.15) is 0 Å². The van der Waals surface area contributed by atoms with Crippen LogP contribution in [0.2, 0.25) is 0 Å². The fourth-order valence-electron chi connectivity index (χ4n) is 3.44. The molecule has 0 heterocycles. The quantitative estimate of drug-likeness (QED) is 0.124. The zero-order valence-electron chi connectivity index (χ0n) is 21.7. The molecule has 1 N–H and O–H groups in total. The first-order valence-electron chi connectivity index (χ1n) is 13.2. The predicted octanol–water partition coefficient (Wildman–Crippen LogP) is 8.76. The van der Waals surface area contributed by atoms with Crippen LogP contribution in [-0.4, -0.2) is 23.7 Å². The number of carbonyl (C=O) groups is 2. The van der Waals surface area contributed by atoms with Gasteiger partial charge in [-0.3, -0.25) is 4.79 Å². The molecule has 0 aliphatic carbocycles. The van der Waals surface area contributed by atoms with Crippen molar-refractivity contribution in [3.8, 4) is 0 Å². The average Bonchev–Trinajstić information content (AvgIpc) is 2.82. The van der Waals surface area contributed by atoms with Gasteiger partial charge in [0.2, 0.25) is 0 Å². The number of aliphatic carboxylic acids is 1. The van der Waals surface area contributed by atoms with E-state index in [0.717, 1.165) is 12.0 Å². The molecule has 0 radical (unpaired) electrons. The molecule has 34 heavy (non-hydrogen) atoms. The van der Waals surface area contributed by atoms with Crippen molar-refractivity contribution >= 4 is 18.0 Å². The molecule has 1 aromatic carbocycles. The topological polar surface area (TPSA) is 63.6 Å². The van der Waals surface area contributed by atoms with Crippen LogP contribution in [0.4, 0.5) is 0 Å². The number of benzene rings is 1. The van der Waals surface area contributed by atoms with Crippen molar-refractivity contribution in [3.05, 3.63) is 54.1 Å². The summed E-state index contributed by atoms with van der Waals surface area (Å²) in [6, 6.07) is 9.62. The summed E-state index contributed by atoms with van der Waals surface area (Å²) >= 11 is 0. The minimum atomic E-state index is -0.804. The van der Waals surface area contributed by atoms with E-state index in [0.29, 0.717) is 12.2 Å². The summed E-state index contributed by atoms with van der Waals surface area (Å²) in [6.07, 6.45) is 22.3. The molecule has 0 fully saturated rings. The highest BCUT2D eigenvalue weighted by Crippen LogP contribution is 2.13. The van der Waals surface area contributed by atoms with E-state index in [2.05, 4.69) is 13.5 Å². The molecule has 0 aliphatic heterocycles. The third-order valence-corrected chi connectivity index (χ3v) is 5.48. The van der Waals surface area contributed by atoms with E-state index in [1.54, 1.807) is 19.1 Å². The van der Waals surface area contributed by atoms with E-state index in [1.807, 2.05) is 30.3 Å². The van der Waals surface area contributed by atoms with Crippen LogP contribution in [0.15, 0.2) is 48.6 Å². The van der Waals surface area contributed by atoms with Crippen molar-refractivity contribution in [2.24, 2.45) is 0 Å². The smallest absolute Gasteiger partial charge is 0.333 e. The second-order valence-corrected chi connectivity index (χ2v) is 8.92. The highest BCUT2D eigenvalue weighted by Gasteiger charge is 2.01. The number of ether oxygens (including phenoxy) is 1. The highest BCUT2D eigenvalue weighted by atomic mass is 16.5. The second-order valence-electron chi connectivity index (χ2n) is 8.92. The molecule has 0 atom stereocenters. The van der Waals surface area contributed by atoms with E-state index < -0.39 is 5.97 Å². The summed E-state index contributed by atoms with van der Waals surface area (Å²) in [4.78, 5) is 21.3. The predicted molar refractivity (Wildman–Crippen MR) is 144 cm³/mol. The summed E-state index contributed by atoms with van der Waals surface area (Å²) in [6.45, 7) is 8.07. The van der Waals surface area contributed by atoms with Crippen LogP contribution in [0, 0.1) is 0 Å². The van der Waals surface area contributed by atoms with Crippen LogP contribution in [0.25, 0.3) is 6.08 Å². The van der Waals surface area contributed by atoms with Gasteiger partial charge < -0.3 is 9.84 Å². The molecule has 0 aromatic heterocycles. The van der Waals surface area contributed by atoms with Crippen LogP contribution >= 0.6 is 0 Å². The number of unbranched alkanes of at least 4 members (excludes halogenated alkanes) is 13. The molecule has 0 unspecified atom stereocenters. The Hall–Kier alpha value is -2.36. The largest absolute Gasteiger partial charge is 0.481 e. The SMILES string of the molecule is C=C(C)C(=O)OCCCCCCCCCCCCCCCC.O=C(O)CC=Cc1ccccc1. The summed E-state index contributed by atoms with van der Waals surface area (Å²) in [7, 11) is 0. The molecule has 0 saturated heterocycles. The Morgan fingerprint density at radius 3 is 1.74 bits per heavy atom. The van der Waals surface area contributed by atoms with Gasteiger partial charge in [0.05, 0.1) is 13.0 Å². The van der Waals surface area contributed by atoms with Crippen LogP contribution in [0.3, 0.4) is 0 Å². The zero-order chi connectivity index (χ0) is 25.3. The molecule has 1 rings (SSSR count). The van der Waals surface area contributed by atoms with Gasteiger partial charge >= 0.3 is 11.9 Å². The van der Waals surface area contributed by atoms with Gasteiger partial charge in [0, 0.05) is 5.57 Å². The molecule has 4 nitrogen and oxygen atoms in total. The van der Waals surface area contributed by atoms with Crippen molar-refractivity contribution in [2.45, 2.75) is 110 Å². The van der Waals surface area contributed by atoms with Crippen LogP contribution in [0.1, 0.15) is 116 Å². The first-order valence-corrected chi connectivity index (χ1v) is 13.2. The molecule has 0 amide bonds. The molecule has 0 spiro atoms. The number of carbonyl (C=O) groups excluding carboxylic acids is 1. The van der Waals surface area contributed by atoms with E-state index >= 15 is 0 Å². The van der Waals surface area contributed by atoms with Crippen LogP contribution in [0.5, 0.6) is 0 Å². The van der Waals surface area contributed by atoms with Crippen molar-refractivity contribution in [2.75, 3.05) is 6.61 Å². The van der Waals surface area contributed by atoms with Crippen molar-refractivity contribution < 1.29 is 19.4 Å². The fraction of sp³-hybridized carbons (Fsp3) is 0.600. The monoisotopic (exact) mass is 472 g/mol. The minimum Gasteiger partial charge on any atom is -0.481 e. The highest BCUT2D eigenvalue weighted by molar-refractivity contribution is 5.86. The van der Waals surface area contributed by atoms with Gasteiger partial charge in [0.15, 0.2) is 0 Å². The minimum absolute atomic E-state index is 0.0783. The Morgan fingerprint density at radius 2 is 1.29 bits per heavy atom. The lowest BCUT2D eigenvalue weighted by Gasteiger charge is -2.04. The van der Waals surface area contributed by atoms with E-state index in [9.17, 15) is 9.59 Å². The second kappa shape index (κ2) is 23.8. The van der Waals surface area contributed by atoms with Crippen molar-refractivity contribution in [1.29, 1.82) is 0 Å². The average molecular weight is 473 g/mol. The molecule has 0 bridgehead atoms. The molecule has 1 aromatic rings. The molecule has 0 saturated carbocycles. The maximum absolute atomic E-state index is 11.2. The van der Waals surface area contributed by atoms with Gasteiger partial charge in [-0.05, 0) is 18.9 Å². The van der Waals surface area contributed by atoms with E-state index in [1.165, 1.54) is 83.5 Å². The fourth-order valence-corrected chi connectivity index (χ4v) is 3.44. The summed E-state index contributed by atoms with van der Waals surface area (Å²) < 4.78 is 5.07. The lowest BCUT2D eigenvalue weighted by atomic mass is 10.0. The lowest BCUT2D eigenvalue weighted by Crippen LogP contribution is -2.05. The standard InChI is InChI=1S/C20H38O2.C10H10O2/c1-4-5-6-7-8-9-10-11-12-13-14-15-16-17-18-22-20(21)19(2)3;11-10(12)8-4-7-9-5-2-1-3-6-9/h2,4-18H2,1,3H3;1-7H,8H2,(H,11,12). The summed E-state index contributed by atoms with van der Waals surface area (Å²) in [5, 5.41) is 8.34. The van der Waals surface area contributed by atoms with E-state index in [4.69, 9.17) is 9.84 Å². The Balaban J connectivity index is 0.000000757. The van der Waals surface area contributed by atoms with Gasteiger partial charge in [-0.25, -0.2) is 4.79 Å². The first-order chi connectivity index (χ1) is 16.5. The number of carboxylic acids is 1. The summed E-state index contributed by atoms with van der Waals surface area (Å²) in [5.74, 6) is -1.06. The summed E-state index contributed by atoms with van der Waals surface area (Å²) in [5.41, 5.74) is 1.52. The van der Waals surface area contributed by atoms with Crippen molar-refractivity contribution in [3.63, 3.8) is 0 Å². The Kier molecular flexibility index (Phi) is 22.1. The van der Waals surface area contributed by atoms with Crippen LogP contribution in [-0.2, 0) is 14.3 Å². The first kappa shape index (κ1) is 31.6. The molecular weight excluding hydrogens is 424 g/mol. The number of carboxylic acid groups (broad SMARTS) is 1. The third-order valence-electron chi connectivity index (χ3n) is 5.48. The van der Waals surface area contributed by atoms with E-state index in [-0.39, 0.29) is 12.4 Å². The van der Waals surface area contributed by atoms with Gasteiger partial charge in [0.25, 0.3) is 0 Å². The molecule has 192 valence electrons. The maximum Gasteiger partial charge on any atom is 0.333 e. The Bertz CT molecular complexity index is 664. The molecule has 4 heteroatoms. The van der Waals surface area contributed by atoms with Crippen LogP contribution < -0.4 is 0 Å². The van der Waals surface area contributed by atoms with Crippen molar-refractivity contribution in [1.82, 2.24) is 0 Å². The Morgan fingerprint density at radius 1 is 0.824 bits per heavy atom. The number of esters is 1. The molecule has 0 aliphatic rings. The Labute approximate surface area is 208 Å². The number of rotatable bonds is 19. The normalized spacial score (nSPS) is 10.5. The molecular formula is C30H48O4. The van der Waals surface area contributed by atoms with Gasteiger partial charge in [-0.2, -0.15) is 0 Å². The van der Waals surface area contributed by atoms with Gasteiger partial charge in [-0.1, -0.05) is 139 Å². The maximum atomic E-state index is 11.2. The number of hydrogen-bond donors (Lipinski definition) is 1.